The van der Waals surface area contributed by atoms with E-state index in [1.54, 1.807) is 12.0 Å². The molecule has 1 saturated heterocycles. The van der Waals surface area contributed by atoms with Gasteiger partial charge in [0.25, 0.3) is 0 Å². The zero-order chi connectivity index (χ0) is 23.6. The first-order valence-corrected chi connectivity index (χ1v) is 11.2. The molecule has 0 aliphatic carbocycles. The van der Waals surface area contributed by atoms with E-state index >= 15 is 0 Å². The second kappa shape index (κ2) is 8.90. The van der Waals surface area contributed by atoms with Crippen LogP contribution in [0.1, 0.15) is 39.3 Å². The number of aliphatic hydroxyl groups is 1. The number of ether oxygens (including phenoxy) is 2. The fourth-order valence-corrected chi connectivity index (χ4v) is 3.99. The predicted octanol–water partition coefficient (Wildman–Crippen LogP) is 4.77. The van der Waals surface area contributed by atoms with Gasteiger partial charge in [-0.2, -0.15) is 5.10 Å². The van der Waals surface area contributed by atoms with Crippen molar-refractivity contribution in [3.05, 3.63) is 66.4 Å². The highest BCUT2D eigenvalue weighted by atomic mass is 16.6. The van der Waals surface area contributed by atoms with E-state index in [0.29, 0.717) is 31.6 Å². The minimum absolute atomic E-state index is 0.349. The summed E-state index contributed by atoms with van der Waals surface area (Å²) in [7, 11) is 1.63. The molecule has 2 aromatic carbocycles. The van der Waals surface area contributed by atoms with Crippen LogP contribution in [-0.2, 0) is 10.3 Å². The van der Waals surface area contributed by atoms with Crippen LogP contribution in [-0.4, -0.2) is 51.7 Å². The molecule has 0 atom stereocenters. The molecule has 0 unspecified atom stereocenters. The number of rotatable bonds is 4. The molecule has 1 fully saturated rings. The molecule has 7 heteroatoms. The van der Waals surface area contributed by atoms with Crippen molar-refractivity contribution in [3.63, 3.8) is 0 Å². The summed E-state index contributed by atoms with van der Waals surface area (Å²) in [6, 6.07) is 19.6. The summed E-state index contributed by atoms with van der Waals surface area (Å²) in [5.74, 6) is 0.764. The van der Waals surface area contributed by atoms with Gasteiger partial charge in [-0.3, -0.25) is 0 Å². The zero-order valence-electron chi connectivity index (χ0n) is 19.6. The third kappa shape index (κ3) is 5.03. The minimum atomic E-state index is -1.13. The fraction of sp³-hybridized carbons (Fsp3) is 0.385. The van der Waals surface area contributed by atoms with E-state index in [0.717, 1.165) is 22.7 Å². The van der Waals surface area contributed by atoms with Crippen molar-refractivity contribution in [1.29, 1.82) is 0 Å². The van der Waals surface area contributed by atoms with Crippen LogP contribution >= 0.6 is 0 Å². The van der Waals surface area contributed by atoms with Crippen molar-refractivity contribution < 1.29 is 19.4 Å². The molecule has 2 heterocycles. The largest absolute Gasteiger partial charge is 0.497 e. The summed E-state index contributed by atoms with van der Waals surface area (Å²) in [6.07, 6.45) is 0.429. The number of methoxy groups -OCH3 is 1. The summed E-state index contributed by atoms with van der Waals surface area (Å²) in [6.45, 7) is 6.36. The van der Waals surface area contributed by atoms with Gasteiger partial charge in [0.2, 0.25) is 0 Å². The van der Waals surface area contributed by atoms with Crippen LogP contribution in [0.3, 0.4) is 0 Å². The van der Waals surface area contributed by atoms with Gasteiger partial charge < -0.3 is 19.5 Å². The Bertz CT molecular complexity index is 1090. The van der Waals surface area contributed by atoms with Crippen molar-refractivity contribution in [1.82, 2.24) is 14.7 Å². The Balaban J connectivity index is 1.63. The van der Waals surface area contributed by atoms with E-state index in [2.05, 4.69) is 0 Å². The molecule has 0 radical (unpaired) electrons. The molecule has 174 valence electrons. The smallest absolute Gasteiger partial charge is 0.410 e. The lowest BCUT2D eigenvalue weighted by Gasteiger charge is -2.37. The Labute approximate surface area is 194 Å². The quantitative estimate of drug-likeness (QED) is 0.621. The van der Waals surface area contributed by atoms with Crippen LogP contribution < -0.4 is 4.74 Å². The molecule has 7 nitrogen and oxygen atoms in total. The van der Waals surface area contributed by atoms with Gasteiger partial charge in [0.15, 0.2) is 0 Å². The number of hydrogen-bond donors (Lipinski definition) is 1. The molecule has 1 amide bonds. The maximum absolute atomic E-state index is 12.4. The lowest BCUT2D eigenvalue weighted by atomic mass is 9.88. The molecular formula is C26H31N3O4. The Kier molecular flexibility index (Phi) is 6.17. The summed E-state index contributed by atoms with van der Waals surface area (Å²) in [5, 5.41) is 16.3. The summed E-state index contributed by atoms with van der Waals surface area (Å²) >= 11 is 0. The average Bonchev–Trinajstić information content (AvgIpc) is 3.25. The molecule has 3 aromatic rings. The van der Waals surface area contributed by atoms with Crippen LogP contribution in [0, 0.1) is 0 Å². The first-order valence-electron chi connectivity index (χ1n) is 11.2. The number of nitrogens with zero attached hydrogens (tertiary/aromatic N) is 3. The SMILES string of the molecule is COc1ccc(-n2nc(C3(O)CCN(C(=O)OC(C)(C)C)CC3)cc2-c2ccccc2)cc1. The molecule has 1 aliphatic heterocycles. The Morgan fingerprint density at radius 3 is 2.24 bits per heavy atom. The average molecular weight is 450 g/mol. The lowest BCUT2D eigenvalue weighted by Crippen LogP contribution is -2.47. The second-order valence-electron chi connectivity index (χ2n) is 9.39. The molecule has 0 bridgehead atoms. The summed E-state index contributed by atoms with van der Waals surface area (Å²) in [4.78, 5) is 14.1. The Hall–Kier alpha value is -3.32. The highest BCUT2D eigenvalue weighted by molar-refractivity contribution is 5.68. The number of amides is 1. The van der Waals surface area contributed by atoms with Crippen molar-refractivity contribution >= 4 is 6.09 Å². The standard InChI is InChI=1S/C26H31N3O4/c1-25(2,3)33-24(30)28-16-14-26(31,15-17-28)23-18-22(19-8-6-5-7-9-19)29(27-23)20-10-12-21(32-4)13-11-20/h5-13,18,31H,14-17H2,1-4H3. The number of aromatic nitrogens is 2. The summed E-state index contributed by atoms with van der Waals surface area (Å²) in [5.41, 5.74) is 1.68. The van der Waals surface area contributed by atoms with E-state index in [4.69, 9.17) is 14.6 Å². The van der Waals surface area contributed by atoms with Crippen molar-refractivity contribution in [2.24, 2.45) is 0 Å². The Morgan fingerprint density at radius 2 is 1.67 bits per heavy atom. The minimum Gasteiger partial charge on any atom is -0.497 e. The molecule has 1 aromatic heterocycles. The molecule has 4 rings (SSSR count). The van der Waals surface area contributed by atoms with Crippen LogP contribution in [0.25, 0.3) is 16.9 Å². The monoisotopic (exact) mass is 449 g/mol. The lowest BCUT2D eigenvalue weighted by molar-refractivity contribution is -0.0383. The normalized spacial score (nSPS) is 15.8. The number of hydrogen-bond acceptors (Lipinski definition) is 5. The third-order valence-corrected chi connectivity index (χ3v) is 5.81. The van der Waals surface area contributed by atoms with Gasteiger partial charge in [-0.25, -0.2) is 9.48 Å². The van der Waals surface area contributed by atoms with Crippen molar-refractivity contribution in [2.45, 2.75) is 44.8 Å². The van der Waals surface area contributed by atoms with E-state index in [-0.39, 0.29) is 6.09 Å². The van der Waals surface area contributed by atoms with E-state index in [1.807, 2.05) is 86.1 Å². The first-order chi connectivity index (χ1) is 15.7. The third-order valence-electron chi connectivity index (χ3n) is 5.81. The highest BCUT2D eigenvalue weighted by Gasteiger charge is 2.39. The first kappa shape index (κ1) is 22.9. The Morgan fingerprint density at radius 1 is 1.03 bits per heavy atom. The predicted molar refractivity (Wildman–Crippen MR) is 126 cm³/mol. The van der Waals surface area contributed by atoms with Gasteiger partial charge in [-0.1, -0.05) is 30.3 Å². The van der Waals surface area contributed by atoms with E-state index < -0.39 is 11.2 Å². The van der Waals surface area contributed by atoms with Crippen molar-refractivity contribution in [3.8, 4) is 22.7 Å². The number of likely N-dealkylation sites (tertiary alicyclic amines) is 1. The second-order valence-corrected chi connectivity index (χ2v) is 9.39. The van der Waals surface area contributed by atoms with E-state index in [1.165, 1.54) is 0 Å². The van der Waals surface area contributed by atoms with Crippen molar-refractivity contribution in [2.75, 3.05) is 20.2 Å². The molecule has 33 heavy (non-hydrogen) atoms. The van der Waals surface area contributed by atoms with Crippen LogP contribution in [0.15, 0.2) is 60.7 Å². The molecular weight excluding hydrogens is 418 g/mol. The number of benzene rings is 2. The molecule has 0 saturated carbocycles. The number of piperidine rings is 1. The van der Waals surface area contributed by atoms with E-state index in [9.17, 15) is 9.90 Å². The van der Waals surface area contributed by atoms with Gasteiger partial charge in [0.1, 0.15) is 17.0 Å². The van der Waals surface area contributed by atoms with Crippen LogP contribution in [0.5, 0.6) is 5.75 Å². The fourth-order valence-electron chi connectivity index (χ4n) is 3.99. The van der Waals surface area contributed by atoms with Gasteiger partial charge >= 0.3 is 6.09 Å². The van der Waals surface area contributed by atoms with Crippen LogP contribution in [0.4, 0.5) is 4.79 Å². The number of carbonyl (C=O) groups is 1. The van der Waals surface area contributed by atoms with Gasteiger partial charge in [0.05, 0.1) is 24.2 Å². The number of carbonyl (C=O) groups excluding carboxylic acids is 1. The van der Waals surface area contributed by atoms with Gasteiger partial charge in [-0.15, -0.1) is 0 Å². The topological polar surface area (TPSA) is 76.8 Å². The van der Waals surface area contributed by atoms with Crippen LogP contribution in [0.2, 0.25) is 0 Å². The van der Waals surface area contributed by atoms with Gasteiger partial charge in [-0.05, 0) is 63.9 Å². The molecule has 0 spiro atoms. The zero-order valence-corrected chi connectivity index (χ0v) is 19.6. The maximum Gasteiger partial charge on any atom is 0.410 e. The molecule has 1 aliphatic rings. The summed E-state index contributed by atoms with van der Waals surface area (Å²) < 4.78 is 12.6. The molecule has 1 N–H and O–H groups in total. The van der Waals surface area contributed by atoms with Gasteiger partial charge in [0, 0.05) is 18.7 Å². The highest BCUT2D eigenvalue weighted by Crippen LogP contribution is 2.36. The maximum atomic E-state index is 12.4.